The van der Waals surface area contributed by atoms with Crippen molar-refractivity contribution in [2.45, 2.75) is 13.5 Å². The van der Waals surface area contributed by atoms with Crippen LogP contribution in [0.5, 0.6) is 0 Å². The van der Waals surface area contributed by atoms with E-state index in [1.807, 2.05) is 43.3 Å². The second kappa shape index (κ2) is 6.97. The Morgan fingerprint density at radius 1 is 1.08 bits per heavy atom. The summed E-state index contributed by atoms with van der Waals surface area (Å²) >= 11 is 1.55. The molecule has 0 aliphatic heterocycles. The van der Waals surface area contributed by atoms with Gasteiger partial charge in [0.1, 0.15) is 10.7 Å². The number of carbonyl (C=O) groups is 1. The Kier molecular flexibility index (Phi) is 4.37. The molecule has 1 N–H and O–H groups in total. The van der Waals surface area contributed by atoms with Crippen LogP contribution in [0.3, 0.4) is 0 Å². The molecule has 3 aromatic heterocycles. The molecule has 0 saturated carbocycles. The number of benzene rings is 1. The molecule has 0 aliphatic carbocycles. The number of rotatable bonds is 4. The van der Waals surface area contributed by atoms with Crippen LogP contribution in [-0.4, -0.2) is 25.8 Å². The first kappa shape index (κ1) is 16.3. The lowest BCUT2D eigenvalue weighted by molar-refractivity contribution is 0.0946. The van der Waals surface area contributed by atoms with E-state index < -0.39 is 0 Å². The van der Waals surface area contributed by atoms with Crippen molar-refractivity contribution in [3.05, 3.63) is 71.3 Å². The number of amides is 1. The van der Waals surface area contributed by atoms with Gasteiger partial charge in [0.25, 0.3) is 5.91 Å². The number of aryl methyl sites for hydroxylation is 1. The molecule has 0 bridgehead atoms. The van der Waals surface area contributed by atoms with E-state index in [-0.39, 0.29) is 5.91 Å². The molecule has 3 heterocycles. The molecule has 128 valence electrons. The molecule has 7 heteroatoms. The van der Waals surface area contributed by atoms with Gasteiger partial charge in [0.05, 0.1) is 29.5 Å². The molecule has 1 aromatic carbocycles. The Bertz CT molecular complexity index is 1080. The fourth-order valence-electron chi connectivity index (χ4n) is 2.52. The topological polar surface area (TPSA) is 80.7 Å². The summed E-state index contributed by atoms with van der Waals surface area (Å²) in [5.41, 5.74) is 3.65. The van der Waals surface area contributed by atoms with Crippen molar-refractivity contribution in [1.82, 2.24) is 25.3 Å². The fourth-order valence-corrected chi connectivity index (χ4v) is 3.51. The largest absolute Gasteiger partial charge is 0.346 e. The minimum Gasteiger partial charge on any atom is -0.346 e. The fraction of sp³-hybridized carbons (Fsp3) is 0.105. The molecule has 0 radical (unpaired) electrons. The predicted octanol–water partition coefficient (Wildman–Crippen LogP) is 3.39. The van der Waals surface area contributed by atoms with Crippen LogP contribution in [0.2, 0.25) is 0 Å². The third-order valence-electron chi connectivity index (χ3n) is 3.89. The van der Waals surface area contributed by atoms with E-state index in [4.69, 9.17) is 0 Å². The molecule has 0 fully saturated rings. The van der Waals surface area contributed by atoms with Crippen molar-refractivity contribution in [3.63, 3.8) is 0 Å². The van der Waals surface area contributed by atoms with Crippen molar-refractivity contribution in [3.8, 4) is 10.6 Å². The smallest absolute Gasteiger partial charge is 0.271 e. The van der Waals surface area contributed by atoms with E-state index in [2.05, 4.69) is 25.3 Å². The number of fused-ring (bicyclic) bond motifs is 1. The van der Waals surface area contributed by atoms with Crippen LogP contribution < -0.4 is 5.32 Å². The van der Waals surface area contributed by atoms with Gasteiger partial charge in [-0.05, 0) is 31.2 Å². The minimum atomic E-state index is -0.251. The van der Waals surface area contributed by atoms with Crippen molar-refractivity contribution in [1.29, 1.82) is 0 Å². The molecule has 0 unspecified atom stereocenters. The third-order valence-corrected chi connectivity index (χ3v) is 5.10. The maximum atomic E-state index is 12.4. The number of pyridine rings is 1. The molecule has 1 amide bonds. The SMILES string of the molecule is Cc1nc(-c2cccnc2)sc1CNC(=O)c1cnc2ccccc2n1. The zero-order chi connectivity index (χ0) is 17.9. The first-order valence-electron chi connectivity index (χ1n) is 8.07. The quantitative estimate of drug-likeness (QED) is 0.603. The van der Waals surface area contributed by atoms with Crippen LogP contribution in [0.4, 0.5) is 0 Å². The Balaban J connectivity index is 1.49. The van der Waals surface area contributed by atoms with Gasteiger partial charge in [0.15, 0.2) is 0 Å². The number of nitrogens with zero attached hydrogens (tertiary/aromatic N) is 4. The highest BCUT2D eigenvalue weighted by atomic mass is 32.1. The summed E-state index contributed by atoms with van der Waals surface area (Å²) in [7, 11) is 0. The number of hydrogen-bond acceptors (Lipinski definition) is 6. The van der Waals surface area contributed by atoms with E-state index in [9.17, 15) is 4.79 Å². The van der Waals surface area contributed by atoms with Gasteiger partial charge in [-0.25, -0.2) is 9.97 Å². The van der Waals surface area contributed by atoms with Gasteiger partial charge in [0.2, 0.25) is 0 Å². The van der Waals surface area contributed by atoms with Gasteiger partial charge in [-0.3, -0.25) is 14.8 Å². The molecule has 26 heavy (non-hydrogen) atoms. The van der Waals surface area contributed by atoms with E-state index in [1.54, 1.807) is 23.7 Å². The number of para-hydroxylation sites is 2. The van der Waals surface area contributed by atoms with Crippen LogP contribution in [-0.2, 0) is 6.54 Å². The Morgan fingerprint density at radius 2 is 1.92 bits per heavy atom. The summed E-state index contributed by atoms with van der Waals surface area (Å²) in [6.07, 6.45) is 5.01. The maximum absolute atomic E-state index is 12.4. The standard InChI is InChI=1S/C19H15N5OS/c1-12-17(26-19(23-12)13-5-4-8-20-9-13)11-22-18(25)16-10-21-14-6-2-3-7-15(14)24-16/h2-10H,11H2,1H3,(H,22,25). The molecule has 6 nitrogen and oxygen atoms in total. The summed E-state index contributed by atoms with van der Waals surface area (Å²) in [6, 6.07) is 11.3. The summed E-state index contributed by atoms with van der Waals surface area (Å²) in [5, 5.41) is 3.79. The van der Waals surface area contributed by atoms with E-state index in [1.165, 1.54) is 6.20 Å². The first-order valence-corrected chi connectivity index (χ1v) is 8.89. The van der Waals surface area contributed by atoms with Crippen LogP contribution in [0.15, 0.2) is 55.0 Å². The van der Waals surface area contributed by atoms with E-state index in [0.717, 1.165) is 26.7 Å². The van der Waals surface area contributed by atoms with Crippen LogP contribution in [0.25, 0.3) is 21.6 Å². The van der Waals surface area contributed by atoms with Crippen LogP contribution in [0.1, 0.15) is 21.1 Å². The van der Waals surface area contributed by atoms with Gasteiger partial charge < -0.3 is 5.32 Å². The third kappa shape index (κ3) is 3.29. The zero-order valence-electron chi connectivity index (χ0n) is 14.0. The lowest BCUT2D eigenvalue weighted by Gasteiger charge is -2.04. The Labute approximate surface area is 154 Å². The normalized spacial score (nSPS) is 10.8. The van der Waals surface area contributed by atoms with Gasteiger partial charge in [0, 0.05) is 22.8 Å². The number of nitrogens with one attached hydrogen (secondary N) is 1. The summed E-state index contributed by atoms with van der Waals surface area (Å²) < 4.78 is 0. The second-order valence-corrected chi connectivity index (χ2v) is 6.78. The summed E-state index contributed by atoms with van der Waals surface area (Å²) in [6.45, 7) is 2.34. The van der Waals surface area contributed by atoms with Gasteiger partial charge in [-0.15, -0.1) is 11.3 Å². The highest BCUT2D eigenvalue weighted by Crippen LogP contribution is 2.27. The van der Waals surface area contributed by atoms with Gasteiger partial charge >= 0.3 is 0 Å². The zero-order valence-corrected chi connectivity index (χ0v) is 14.8. The van der Waals surface area contributed by atoms with Gasteiger partial charge in [-0.2, -0.15) is 0 Å². The lowest BCUT2D eigenvalue weighted by atomic mass is 10.3. The molecule has 0 spiro atoms. The molecule has 4 rings (SSSR count). The lowest BCUT2D eigenvalue weighted by Crippen LogP contribution is -2.23. The van der Waals surface area contributed by atoms with E-state index >= 15 is 0 Å². The number of thiazole rings is 1. The molecular weight excluding hydrogens is 346 g/mol. The molecule has 0 aliphatic rings. The second-order valence-electron chi connectivity index (χ2n) is 5.70. The number of hydrogen-bond donors (Lipinski definition) is 1. The van der Waals surface area contributed by atoms with Crippen molar-refractivity contribution in [2.75, 3.05) is 0 Å². The minimum absolute atomic E-state index is 0.251. The summed E-state index contributed by atoms with van der Waals surface area (Å²) in [4.78, 5) is 30.8. The maximum Gasteiger partial charge on any atom is 0.271 e. The molecule has 0 saturated heterocycles. The number of aromatic nitrogens is 4. The molecule has 0 atom stereocenters. The highest BCUT2D eigenvalue weighted by molar-refractivity contribution is 7.15. The van der Waals surface area contributed by atoms with Crippen molar-refractivity contribution in [2.24, 2.45) is 0 Å². The average molecular weight is 361 g/mol. The number of carbonyl (C=O) groups excluding carboxylic acids is 1. The van der Waals surface area contributed by atoms with Crippen molar-refractivity contribution >= 4 is 28.3 Å². The molecule has 4 aromatic rings. The Morgan fingerprint density at radius 3 is 2.73 bits per heavy atom. The van der Waals surface area contributed by atoms with Crippen molar-refractivity contribution < 1.29 is 4.79 Å². The Hall–Kier alpha value is -3.19. The molecular formula is C19H15N5OS. The predicted molar refractivity (Wildman–Crippen MR) is 101 cm³/mol. The summed E-state index contributed by atoms with van der Waals surface area (Å²) in [5.74, 6) is -0.251. The monoisotopic (exact) mass is 361 g/mol. The average Bonchev–Trinajstić information content (AvgIpc) is 3.07. The van der Waals surface area contributed by atoms with E-state index in [0.29, 0.717) is 17.8 Å². The van der Waals surface area contributed by atoms with Crippen LogP contribution in [0, 0.1) is 6.92 Å². The highest BCUT2D eigenvalue weighted by Gasteiger charge is 2.13. The van der Waals surface area contributed by atoms with Crippen LogP contribution >= 0.6 is 11.3 Å². The first-order chi connectivity index (χ1) is 12.7. The van der Waals surface area contributed by atoms with Gasteiger partial charge in [-0.1, -0.05) is 12.1 Å².